The average Bonchev–Trinajstić information content (AvgIpc) is 2.95. The van der Waals surface area contributed by atoms with Gasteiger partial charge in [-0.3, -0.25) is 4.98 Å². The second kappa shape index (κ2) is 7.71. The van der Waals surface area contributed by atoms with Crippen LogP contribution >= 0.6 is 0 Å². The van der Waals surface area contributed by atoms with Crippen molar-refractivity contribution in [2.75, 3.05) is 26.4 Å². The Labute approximate surface area is 138 Å². The molecule has 5 heteroatoms. The van der Waals surface area contributed by atoms with Crippen LogP contribution in [-0.2, 0) is 14.2 Å². The van der Waals surface area contributed by atoms with E-state index >= 15 is 0 Å². The quantitative estimate of drug-likeness (QED) is 0.873. The summed E-state index contributed by atoms with van der Waals surface area (Å²) in [4.78, 5) is 4.51. The fraction of sp³-hybridized carbons (Fsp3) is 0.722. The maximum Gasteiger partial charge on any atom is 0.173 e. The second-order valence-corrected chi connectivity index (χ2v) is 6.92. The first kappa shape index (κ1) is 16.8. The predicted octanol–water partition coefficient (Wildman–Crippen LogP) is 2.68. The molecule has 3 heterocycles. The van der Waals surface area contributed by atoms with Crippen LogP contribution in [-0.4, -0.2) is 43.2 Å². The smallest absolute Gasteiger partial charge is 0.173 e. The van der Waals surface area contributed by atoms with Crippen LogP contribution in [0.5, 0.6) is 0 Å². The minimum Gasteiger partial charge on any atom is -0.381 e. The molecule has 0 saturated carbocycles. The van der Waals surface area contributed by atoms with E-state index in [1.54, 1.807) is 0 Å². The molecule has 23 heavy (non-hydrogen) atoms. The van der Waals surface area contributed by atoms with Crippen molar-refractivity contribution in [3.8, 4) is 0 Å². The van der Waals surface area contributed by atoms with Crippen LogP contribution < -0.4 is 5.32 Å². The Morgan fingerprint density at radius 1 is 1.30 bits per heavy atom. The maximum atomic E-state index is 6.20. The van der Waals surface area contributed by atoms with E-state index < -0.39 is 5.79 Å². The standard InChI is InChI=1S/C18H28N2O3/c1-14(2)11-17(16-5-3-4-8-19-16)20-12-15-13-22-18(23-15)6-9-21-10-7-18/h3-5,8,14-15,17,20H,6-7,9-13H2,1-2H3. The van der Waals surface area contributed by atoms with E-state index in [1.807, 2.05) is 18.3 Å². The Kier molecular flexibility index (Phi) is 5.64. The zero-order valence-electron chi connectivity index (χ0n) is 14.2. The third-order valence-electron chi connectivity index (χ3n) is 4.51. The van der Waals surface area contributed by atoms with E-state index in [1.165, 1.54) is 0 Å². The number of hydrogen-bond donors (Lipinski definition) is 1. The summed E-state index contributed by atoms with van der Waals surface area (Å²) in [5.41, 5.74) is 1.10. The normalized spacial score (nSPS) is 25.1. The highest BCUT2D eigenvalue weighted by Crippen LogP contribution is 2.33. The highest BCUT2D eigenvalue weighted by molar-refractivity contribution is 5.09. The molecule has 0 aliphatic carbocycles. The zero-order valence-corrected chi connectivity index (χ0v) is 14.2. The van der Waals surface area contributed by atoms with Gasteiger partial charge in [0.2, 0.25) is 0 Å². The Bertz CT molecular complexity index is 474. The van der Waals surface area contributed by atoms with Crippen LogP contribution in [0.1, 0.15) is 44.8 Å². The molecule has 5 nitrogen and oxygen atoms in total. The summed E-state index contributed by atoms with van der Waals surface area (Å²) in [5, 5.41) is 3.63. The van der Waals surface area contributed by atoms with Crippen LogP contribution in [0.15, 0.2) is 24.4 Å². The number of aromatic nitrogens is 1. The topological polar surface area (TPSA) is 52.6 Å². The van der Waals surface area contributed by atoms with Crippen molar-refractivity contribution in [2.45, 2.75) is 51.0 Å². The summed E-state index contributed by atoms with van der Waals surface area (Å²) in [6, 6.07) is 6.35. The molecule has 2 atom stereocenters. The fourth-order valence-corrected chi connectivity index (χ4v) is 3.30. The summed E-state index contributed by atoms with van der Waals surface area (Å²) in [7, 11) is 0. The molecule has 0 aromatic carbocycles. The maximum absolute atomic E-state index is 6.20. The summed E-state index contributed by atoms with van der Waals surface area (Å²) >= 11 is 0. The van der Waals surface area contributed by atoms with Crippen molar-refractivity contribution in [1.82, 2.24) is 10.3 Å². The molecule has 128 valence electrons. The Balaban J connectivity index is 1.55. The fourth-order valence-electron chi connectivity index (χ4n) is 3.30. The van der Waals surface area contributed by atoms with Gasteiger partial charge in [0.15, 0.2) is 5.79 Å². The van der Waals surface area contributed by atoms with Gasteiger partial charge in [0.05, 0.1) is 31.6 Å². The molecule has 1 spiro atoms. The molecule has 1 N–H and O–H groups in total. The van der Waals surface area contributed by atoms with Gasteiger partial charge >= 0.3 is 0 Å². The van der Waals surface area contributed by atoms with Gasteiger partial charge in [-0.05, 0) is 24.5 Å². The molecule has 0 radical (unpaired) electrons. The van der Waals surface area contributed by atoms with Gasteiger partial charge in [-0.1, -0.05) is 19.9 Å². The van der Waals surface area contributed by atoms with E-state index in [2.05, 4.69) is 30.2 Å². The van der Waals surface area contributed by atoms with Crippen LogP contribution in [0.4, 0.5) is 0 Å². The lowest BCUT2D eigenvalue weighted by Gasteiger charge is -2.32. The van der Waals surface area contributed by atoms with E-state index in [0.29, 0.717) is 12.5 Å². The van der Waals surface area contributed by atoms with Crippen LogP contribution in [0.2, 0.25) is 0 Å². The minimum atomic E-state index is -0.400. The third kappa shape index (κ3) is 4.51. The number of rotatable bonds is 6. The minimum absolute atomic E-state index is 0.103. The van der Waals surface area contributed by atoms with Gasteiger partial charge in [-0.2, -0.15) is 0 Å². The molecular formula is C18H28N2O3. The van der Waals surface area contributed by atoms with Gasteiger partial charge < -0.3 is 19.5 Å². The van der Waals surface area contributed by atoms with Crippen molar-refractivity contribution in [1.29, 1.82) is 0 Å². The van der Waals surface area contributed by atoms with Gasteiger partial charge in [0.1, 0.15) is 0 Å². The summed E-state index contributed by atoms with van der Waals surface area (Å²) < 4.78 is 17.6. The lowest BCUT2D eigenvalue weighted by molar-refractivity contribution is -0.210. The Morgan fingerprint density at radius 3 is 2.83 bits per heavy atom. The molecule has 2 unspecified atom stereocenters. The first-order valence-electron chi connectivity index (χ1n) is 8.71. The number of ether oxygens (including phenoxy) is 3. The Morgan fingerprint density at radius 2 is 2.13 bits per heavy atom. The molecule has 0 bridgehead atoms. The SMILES string of the molecule is CC(C)CC(NCC1COC2(CCOCC2)O1)c1ccccn1. The lowest BCUT2D eigenvalue weighted by atomic mass is 10.0. The van der Waals surface area contributed by atoms with E-state index in [4.69, 9.17) is 14.2 Å². The Hall–Kier alpha value is -1.01. The summed E-state index contributed by atoms with van der Waals surface area (Å²) in [5.74, 6) is 0.209. The van der Waals surface area contributed by atoms with Gasteiger partial charge in [-0.25, -0.2) is 0 Å². The van der Waals surface area contributed by atoms with Crippen molar-refractivity contribution in [3.63, 3.8) is 0 Å². The molecule has 0 amide bonds. The molecule has 2 aliphatic rings. The van der Waals surface area contributed by atoms with Crippen molar-refractivity contribution in [3.05, 3.63) is 30.1 Å². The van der Waals surface area contributed by atoms with Crippen LogP contribution in [0.25, 0.3) is 0 Å². The highest BCUT2D eigenvalue weighted by atomic mass is 16.7. The number of nitrogens with zero attached hydrogens (tertiary/aromatic N) is 1. The first-order valence-corrected chi connectivity index (χ1v) is 8.71. The van der Waals surface area contributed by atoms with Crippen LogP contribution in [0.3, 0.4) is 0 Å². The molecule has 3 rings (SSSR count). The van der Waals surface area contributed by atoms with E-state index in [-0.39, 0.29) is 12.1 Å². The number of nitrogens with one attached hydrogen (secondary N) is 1. The lowest BCUT2D eigenvalue weighted by Crippen LogP contribution is -2.39. The van der Waals surface area contributed by atoms with E-state index in [0.717, 1.165) is 44.7 Å². The number of pyridine rings is 1. The van der Waals surface area contributed by atoms with Gasteiger partial charge in [-0.15, -0.1) is 0 Å². The number of hydrogen-bond acceptors (Lipinski definition) is 5. The third-order valence-corrected chi connectivity index (χ3v) is 4.51. The van der Waals surface area contributed by atoms with Crippen LogP contribution in [0, 0.1) is 5.92 Å². The molecule has 2 fully saturated rings. The predicted molar refractivity (Wildman–Crippen MR) is 88.0 cm³/mol. The van der Waals surface area contributed by atoms with Crippen molar-refractivity contribution >= 4 is 0 Å². The monoisotopic (exact) mass is 320 g/mol. The molecule has 2 aliphatic heterocycles. The van der Waals surface area contributed by atoms with E-state index in [9.17, 15) is 0 Å². The highest BCUT2D eigenvalue weighted by Gasteiger charge is 2.42. The summed E-state index contributed by atoms with van der Waals surface area (Å²) in [6.45, 7) is 7.38. The van der Waals surface area contributed by atoms with Gasteiger partial charge in [0.25, 0.3) is 0 Å². The molecular weight excluding hydrogens is 292 g/mol. The molecule has 1 aromatic rings. The zero-order chi connectivity index (χ0) is 16.1. The average molecular weight is 320 g/mol. The van der Waals surface area contributed by atoms with Crippen molar-refractivity contribution < 1.29 is 14.2 Å². The van der Waals surface area contributed by atoms with Gasteiger partial charge in [0, 0.05) is 31.6 Å². The largest absolute Gasteiger partial charge is 0.381 e. The molecule has 2 saturated heterocycles. The second-order valence-electron chi connectivity index (χ2n) is 6.92. The first-order chi connectivity index (χ1) is 11.2. The molecule has 1 aromatic heterocycles. The van der Waals surface area contributed by atoms with Crippen molar-refractivity contribution in [2.24, 2.45) is 5.92 Å². The summed E-state index contributed by atoms with van der Waals surface area (Å²) in [6.07, 6.45) is 4.69.